The maximum atomic E-state index is 12.0. The van der Waals surface area contributed by atoms with Gasteiger partial charge in [0.15, 0.2) is 11.5 Å². The van der Waals surface area contributed by atoms with Gasteiger partial charge in [0.05, 0.1) is 0 Å². The Labute approximate surface area is 106 Å². The molecule has 1 amide bonds. The first-order chi connectivity index (χ1) is 8.69. The predicted octanol–water partition coefficient (Wildman–Crippen LogP) is 2.80. The monoisotopic (exact) mass is 244 g/mol. The summed E-state index contributed by atoms with van der Waals surface area (Å²) in [6.45, 7) is 2.65. The third-order valence-corrected chi connectivity index (χ3v) is 3.40. The van der Waals surface area contributed by atoms with Crippen LogP contribution in [0.4, 0.5) is 0 Å². The van der Waals surface area contributed by atoms with Gasteiger partial charge in [-0.1, -0.05) is 0 Å². The molecule has 1 aromatic heterocycles. The normalized spacial score (nSPS) is 15.0. The topological polar surface area (TPSA) is 46.3 Å². The molecule has 1 aliphatic carbocycles. The van der Waals surface area contributed by atoms with Crippen molar-refractivity contribution in [2.24, 2.45) is 0 Å². The summed E-state index contributed by atoms with van der Waals surface area (Å²) in [6, 6.07) is 5.47. The Bertz CT molecular complexity index is 599. The van der Waals surface area contributed by atoms with Crippen molar-refractivity contribution in [3.8, 4) is 0 Å². The van der Waals surface area contributed by atoms with Gasteiger partial charge in [0.1, 0.15) is 5.52 Å². The van der Waals surface area contributed by atoms with Gasteiger partial charge in [-0.25, -0.2) is 4.98 Å². The Hall–Kier alpha value is -1.84. The van der Waals surface area contributed by atoms with Crippen LogP contribution in [0.3, 0.4) is 0 Å². The standard InChI is InChI=1S/C14H16N2O2/c1-3-16(2)14(17)10-6-7-11-12(8-10)18-13(15-11)9-4-5-9/h6-9H,3-5H2,1-2H3. The third-order valence-electron chi connectivity index (χ3n) is 3.40. The van der Waals surface area contributed by atoms with Crippen molar-refractivity contribution >= 4 is 17.0 Å². The van der Waals surface area contributed by atoms with E-state index in [2.05, 4.69) is 4.98 Å². The Morgan fingerprint density at radius 1 is 1.50 bits per heavy atom. The number of hydrogen-bond acceptors (Lipinski definition) is 3. The molecule has 0 radical (unpaired) electrons. The first kappa shape index (κ1) is 11.3. The molecule has 1 fully saturated rings. The van der Waals surface area contributed by atoms with Gasteiger partial charge in [-0.15, -0.1) is 0 Å². The first-order valence-corrected chi connectivity index (χ1v) is 6.35. The fourth-order valence-corrected chi connectivity index (χ4v) is 1.94. The second kappa shape index (κ2) is 4.12. The molecule has 4 heteroatoms. The molecular weight excluding hydrogens is 228 g/mol. The van der Waals surface area contributed by atoms with Crippen molar-refractivity contribution in [1.82, 2.24) is 9.88 Å². The minimum atomic E-state index is 0.0174. The van der Waals surface area contributed by atoms with E-state index in [1.165, 1.54) is 0 Å². The predicted molar refractivity (Wildman–Crippen MR) is 68.6 cm³/mol. The number of hydrogen-bond donors (Lipinski definition) is 0. The number of nitrogens with zero attached hydrogens (tertiary/aromatic N) is 2. The summed E-state index contributed by atoms with van der Waals surface area (Å²) in [5, 5.41) is 0. The van der Waals surface area contributed by atoms with Crippen LogP contribution in [0.15, 0.2) is 22.6 Å². The van der Waals surface area contributed by atoms with Crippen molar-refractivity contribution < 1.29 is 9.21 Å². The number of benzene rings is 1. The molecule has 1 aliphatic rings. The summed E-state index contributed by atoms with van der Waals surface area (Å²) >= 11 is 0. The molecule has 1 heterocycles. The van der Waals surface area contributed by atoms with E-state index in [0.717, 1.165) is 24.2 Å². The second-order valence-electron chi connectivity index (χ2n) is 4.83. The van der Waals surface area contributed by atoms with Crippen LogP contribution in [0.5, 0.6) is 0 Å². The van der Waals surface area contributed by atoms with Gasteiger partial charge in [-0.05, 0) is 38.0 Å². The lowest BCUT2D eigenvalue weighted by molar-refractivity contribution is 0.0802. The van der Waals surface area contributed by atoms with Crippen LogP contribution in [0.25, 0.3) is 11.1 Å². The van der Waals surface area contributed by atoms with Crippen LogP contribution in [0.2, 0.25) is 0 Å². The minimum Gasteiger partial charge on any atom is -0.440 e. The molecule has 1 saturated carbocycles. The summed E-state index contributed by atoms with van der Waals surface area (Å²) in [5.74, 6) is 1.33. The molecule has 0 spiro atoms. The van der Waals surface area contributed by atoms with E-state index in [1.807, 2.05) is 19.1 Å². The molecule has 3 rings (SSSR count). The van der Waals surface area contributed by atoms with E-state index < -0.39 is 0 Å². The van der Waals surface area contributed by atoms with E-state index >= 15 is 0 Å². The molecule has 94 valence electrons. The van der Waals surface area contributed by atoms with Gasteiger partial charge < -0.3 is 9.32 Å². The first-order valence-electron chi connectivity index (χ1n) is 6.35. The molecule has 0 bridgehead atoms. The van der Waals surface area contributed by atoms with E-state index in [0.29, 0.717) is 23.6 Å². The lowest BCUT2D eigenvalue weighted by Crippen LogP contribution is -2.26. The summed E-state index contributed by atoms with van der Waals surface area (Å²) in [7, 11) is 1.79. The van der Waals surface area contributed by atoms with Crippen molar-refractivity contribution in [2.45, 2.75) is 25.7 Å². The smallest absolute Gasteiger partial charge is 0.253 e. The maximum absolute atomic E-state index is 12.0. The Kier molecular flexibility index (Phi) is 2.58. The fraction of sp³-hybridized carbons (Fsp3) is 0.429. The van der Waals surface area contributed by atoms with Crippen LogP contribution in [-0.4, -0.2) is 29.4 Å². The molecule has 0 unspecified atom stereocenters. The van der Waals surface area contributed by atoms with Crippen LogP contribution in [0.1, 0.15) is 41.9 Å². The SMILES string of the molecule is CCN(C)C(=O)c1ccc2nc(C3CC3)oc2c1. The van der Waals surface area contributed by atoms with Gasteiger partial charge >= 0.3 is 0 Å². The average molecular weight is 244 g/mol. The lowest BCUT2D eigenvalue weighted by atomic mass is 10.2. The highest BCUT2D eigenvalue weighted by molar-refractivity contribution is 5.96. The molecule has 2 aromatic rings. The number of fused-ring (bicyclic) bond motifs is 1. The van der Waals surface area contributed by atoms with E-state index in [4.69, 9.17) is 4.42 Å². The van der Waals surface area contributed by atoms with E-state index in [-0.39, 0.29) is 5.91 Å². The summed E-state index contributed by atoms with van der Waals surface area (Å²) in [4.78, 5) is 18.2. The zero-order chi connectivity index (χ0) is 12.7. The van der Waals surface area contributed by atoms with Crippen LogP contribution in [-0.2, 0) is 0 Å². The highest BCUT2D eigenvalue weighted by Gasteiger charge is 2.29. The maximum Gasteiger partial charge on any atom is 0.253 e. The number of aromatic nitrogens is 1. The Balaban J connectivity index is 1.97. The van der Waals surface area contributed by atoms with Crippen molar-refractivity contribution in [2.75, 3.05) is 13.6 Å². The highest BCUT2D eigenvalue weighted by atomic mass is 16.3. The van der Waals surface area contributed by atoms with Gasteiger partial charge in [-0.2, -0.15) is 0 Å². The average Bonchev–Trinajstić information content (AvgIpc) is 3.16. The van der Waals surface area contributed by atoms with Crippen molar-refractivity contribution in [1.29, 1.82) is 0 Å². The summed E-state index contributed by atoms with van der Waals surface area (Å²) < 4.78 is 5.71. The Morgan fingerprint density at radius 3 is 2.94 bits per heavy atom. The Morgan fingerprint density at radius 2 is 2.28 bits per heavy atom. The van der Waals surface area contributed by atoms with Crippen LogP contribution >= 0.6 is 0 Å². The quantitative estimate of drug-likeness (QED) is 0.834. The lowest BCUT2D eigenvalue weighted by Gasteiger charge is -2.13. The van der Waals surface area contributed by atoms with Crippen molar-refractivity contribution in [3.05, 3.63) is 29.7 Å². The molecular formula is C14H16N2O2. The number of carbonyl (C=O) groups excluding carboxylic acids is 1. The molecule has 18 heavy (non-hydrogen) atoms. The van der Waals surface area contributed by atoms with E-state index in [9.17, 15) is 4.79 Å². The fourth-order valence-electron chi connectivity index (χ4n) is 1.94. The highest BCUT2D eigenvalue weighted by Crippen LogP contribution is 2.40. The van der Waals surface area contributed by atoms with Gasteiger partial charge in [0.2, 0.25) is 0 Å². The van der Waals surface area contributed by atoms with Gasteiger partial charge in [0.25, 0.3) is 5.91 Å². The van der Waals surface area contributed by atoms with Crippen LogP contribution in [0, 0.1) is 0 Å². The summed E-state index contributed by atoms with van der Waals surface area (Å²) in [5.41, 5.74) is 2.21. The molecule has 4 nitrogen and oxygen atoms in total. The third kappa shape index (κ3) is 1.88. The number of rotatable bonds is 3. The largest absolute Gasteiger partial charge is 0.440 e. The molecule has 0 saturated heterocycles. The summed E-state index contributed by atoms with van der Waals surface area (Å²) in [6.07, 6.45) is 2.33. The molecule has 0 aliphatic heterocycles. The minimum absolute atomic E-state index is 0.0174. The van der Waals surface area contributed by atoms with Crippen LogP contribution < -0.4 is 0 Å². The second-order valence-corrected chi connectivity index (χ2v) is 4.83. The van der Waals surface area contributed by atoms with Gasteiger partial charge in [0, 0.05) is 25.1 Å². The van der Waals surface area contributed by atoms with Crippen molar-refractivity contribution in [3.63, 3.8) is 0 Å². The molecule has 0 atom stereocenters. The van der Waals surface area contributed by atoms with E-state index in [1.54, 1.807) is 18.0 Å². The number of carbonyl (C=O) groups is 1. The zero-order valence-corrected chi connectivity index (χ0v) is 10.6. The number of amides is 1. The number of oxazole rings is 1. The zero-order valence-electron chi connectivity index (χ0n) is 10.6. The van der Waals surface area contributed by atoms with Gasteiger partial charge in [-0.3, -0.25) is 4.79 Å². The molecule has 1 aromatic carbocycles. The molecule has 0 N–H and O–H groups in total.